The molecule has 2 heteroatoms. The van der Waals surface area contributed by atoms with Gasteiger partial charge in [-0.3, -0.25) is 0 Å². The molecule has 0 spiro atoms. The summed E-state index contributed by atoms with van der Waals surface area (Å²) in [6.07, 6.45) is 1.36. The molecule has 1 saturated carbocycles. The summed E-state index contributed by atoms with van der Waals surface area (Å²) in [7, 11) is 0. The lowest BCUT2D eigenvalue weighted by Crippen LogP contribution is -2.35. The van der Waals surface area contributed by atoms with Crippen LogP contribution in [0.25, 0.3) is 0 Å². The summed E-state index contributed by atoms with van der Waals surface area (Å²) in [5.74, 6) is 1.55. The maximum Gasteiger partial charge on any atom is 0.0208 e. The van der Waals surface area contributed by atoms with E-state index < -0.39 is 0 Å². The normalized spacial score (nSPS) is 32.2. The zero-order valence-electron chi connectivity index (χ0n) is 9.87. The minimum atomic E-state index is 0.651. The fraction of sp³-hybridized carbons (Fsp3) is 0.571. The number of nitrogens with one attached hydrogen (secondary N) is 2. The van der Waals surface area contributed by atoms with Crippen molar-refractivity contribution in [2.24, 2.45) is 5.92 Å². The quantitative estimate of drug-likeness (QED) is 0.806. The zero-order valence-corrected chi connectivity index (χ0v) is 9.87. The van der Waals surface area contributed by atoms with Gasteiger partial charge in [0.2, 0.25) is 0 Å². The average molecular weight is 216 g/mol. The van der Waals surface area contributed by atoms with Crippen LogP contribution in [0.4, 0.5) is 0 Å². The van der Waals surface area contributed by atoms with Crippen molar-refractivity contribution in [3.8, 4) is 0 Å². The molecule has 0 bridgehead atoms. The van der Waals surface area contributed by atoms with Crippen LogP contribution in [-0.4, -0.2) is 19.1 Å². The van der Waals surface area contributed by atoms with Gasteiger partial charge in [-0.1, -0.05) is 31.2 Å². The average Bonchev–Trinajstić information content (AvgIpc) is 3.03. The second kappa shape index (κ2) is 4.19. The third kappa shape index (κ3) is 2.00. The van der Waals surface area contributed by atoms with Gasteiger partial charge in [0, 0.05) is 31.6 Å². The lowest BCUT2D eigenvalue weighted by Gasteiger charge is -2.26. The van der Waals surface area contributed by atoms with Gasteiger partial charge in [-0.15, -0.1) is 0 Å². The third-order valence-corrected chi connectivity index (χ3v) is 3.94. The molecule has 0 saturated heterocycles. The summed E-state index contributed by atoms with van der Waals surface area (Å²) in [5.41, 5.74) is 3.02. The SMILES string of the molecule is CC1CC1NCC1CNCc2ccccc21. The first-order chi connectivity index (χ1) is 7.84. The minimum absolute atomic E-state index is 0.651. The van der Waals surface area contributed by atoms with Crippen molar-refractivity contribution >= 4 is 0 Å². The fourth-order valence-corrected chi connectivity index (χ4v) is 2.67. The summed E-state index contributed by atoms with van der Waals surface area (Å²) in [4.78, 5) is 0. The van der Waals surface area contributed by atoms with E-state index in [4.69, 9.17) is 0 Å². The van der Waals surface area contributed by atoms with Gasteiger partial charge in [-0.2, -0.15) is 0 Å². The molecule has 1 aromatic carbocycles. The Morgan fingerprint density at radius 3 is 3.00 bits per heavy atom. The number of hydrogen-bond donors (Lipinski definition) is 2. The van der Waals surface area contributed by atoms with Crippen molar-refractivity contribution in [3.63, 3.8) is 0 Å². The van der Waals surface area contributed by atoms with Crippen molar-refractivity contribution in [2.45, 2.75) is 31.8 Å². The summed E-state index contributed by atoms with van der Waals surface area (Å²) >= 11 is 0. The molecule has 1 heterocycles. The Labute approximate surface area is 97.4 Å². The van der Waals surface area contributed by atoms with E-state index in [1.54, 1.807) is 5.56 Å². The molecule has 1 aliphatic heterocycles. The van der Waals surface area contributed by atoms with Crippen molar-refractivity contribution in [2.75, 3.05) is 13.1 Å². The molecule has 3 atom stereocenters. The molecule has 16 heavy (non-hydrogen) atoms. The maximum absolute atomic E-state index is 3.68. The summed E-state index contributed by atoms with van der Waals surface area (Å²) in [5, 5.41) is 7.18. The standard InChI is InChI=1S/C14H20N2/c1-10-6-14(10)16-9-12-8-15-7-11-4-2-3-5-13(11)12/h2-5,10,12,14-16H,6-9H2,1H3. The molecule has 3 rings (SSSR count). The van der Waals surface area contributed by atoms with Crippen LogP contribution in [0.15, 0.2) is 24.3 Å². The molecule has 0 amide bonds. The second-order valence-corrected chi connectivity index (χ2v) is 5.25. The molecule has 0 aromatic heterocycles. The molecule has 0 radical (unpaired) electrons. The third-order valence-electron chi connectivity index (χ3n) is 3.94. The van der Waals surface area contributed by atoms with E-state index in [0.29, 0.717) is 5.92 Å². The van der Waals surface area contributed by atoms with Gasteiger partial charge < -0.3 is 10.6 Å². The Balaban J connectivity index is 1.67. The van der Waals surface area contributed by atoms with Crippen LogP contribution >= 0.6 is 0 Å². The van der Waals surface area contributed by atoms with Gasteiger partial charge in [0.05, 0.1) is 0 Å². The predicted octanol–water partition coefficient (Wildman–Crippen LogP) is 1.87. The fourth-order valence-electron chi connectivity index (χ4n) is 2.67. The van der Waals surface area contributed by atoms with E-state index in [0.717, 1.165) is 31.6 Å². The first-order valence-corrected chi connectivity index (χ1v) is 6.36. The van der Waals surface area contributed by atoms with E-state index in [9.17, 15) is 0 Å². The van der Waals surface area contributed by atoms with Crippen molar-refractivity contribution in [1.29, 1.82) is 0 Å². The number of benzene rings is 1. The number of hydrogen-bond acceptors (Lipinski definition) is 2. The largest absolute Gasteiger partial charge is 0.313 e. The van der Waals surface area contributed by atoms with Crippen LogP contribution in [0, 0.1) is 5.92 Å². The predicted molar refractivity (Wildman–Crippen MR) is 66.5 cm³/mol. The van der Waals surface area contributed by atoms with Gasteiger partial charge in [-0.25, -0.2) is 0 Å². The molecular formula is C14H20N2. The Hall–Kier alpha value is -0.860. The topological polar surface area (TPSA) is 24.1 Å². The first kappa shape index (κ1) is 10.3. The van der Waals surface area contributed by atoms with Crippen LogP contribution in [0.3, 0.4) is 0 Å². The smallest absolute Gasteiger partial charge is 0.0208 e. The summed E-state index contributed by atoms with van der Waals surface area (Å²) < 4.78 is 0. The van der Waals surface area contributed by atoms with E-state index in [2.05, 4.69) is 41.8 Å². The highest BCUT2D eigenvalue weighted by atomic mass is 15.0. The molecule has 2 nitrogen and oxygen atoms in total. The molecule has 1 aromatic rings. The molecular weight excluding hydrogens is 196 g/mol. The lowest BCUT2D eigenvalue weighted by atomic mass is 9.91. The summed E-state index contributed by atoms with van der Waals surface area (Å²) in [6, 6.07) is 9.62. The maximum atomic E-state index is 3.68. The number of fused-ring (bicyclic) bond motifs is 1. The molecule has 86 valence electrons. The molecule has 2 N–H and O–H groups in total. The minimum Gasteiger partial charge on any atom is -0.313 e. The Kier molecular flexibility index (Phi) is 2.70. The van der Waals surface area contributed by atoms with E-state index in [1.165, 1.54) is 12.0 Å². The molecule has 1 fully saturated rings. The van der Waals surface area contributed by atoms with Crippen LogP contribution in [-0.2, 0) is 6.54 Å². The van der Waals surface area contributed by atoms with E-state index in [1.807, 2.05) is 0 Å². The van der Waals surface area contributed by atoms with Gasteiger partial charge >= 0.3 is 0 Å². The van der Waals surface area contributed by atoms with Gasteiger partial charge in [-0.05, 0) is 23.5 Å². The lowest BCUT2D eigenvalue weighted by molar-refractivity contribution is 0.496. The van der Waals surface area contributed by atoms with Crippen molar-refractivity contribution in [3.05, 3.63) is 35.4 Å². The Morgan fingerprint density at radius 1 is 1.38 bits per heavy atom. The van der Waals surface area contributed by atoms with Crippen LogP contribution in [0.2, 0.25) is 0 Å². The first-order valence-electron chi connectivity index (χ1n) is 6.36. The van der Waals surface area contributed by atoms with Crippen LogP contribution in [0.1, 0.15) is 30.4 Å². The monoisotopic (exact) mass is 216 g/mol. The van der Waals surface area contributed by atoms with Gasteiger partial charge in [0.1, 0.15) is 0 Å². The van der Waals surface area contributed by atoms with E-state index in [-0.39, 0.29) is 0 Å². The summed E-state index contributed by atoms with van der Waals surface area (Å²) in [6.45, 7) is 5.60. The number of rotatable bonds is 3. The Morgan fingerprint density at radius 2 is 2.19 bits per heavy atom. The highest BCUT2D eigenvalue weighted by molar-refractivity contribution is 5.32. The van der Waals surface area contributed by atoms with Crippen molar-refractivity contribution in [1.82, 2.24) is 10.6 Å². The second-order valence-electron chi connectivity index (χ2n) is 5.25. The Bertz CT molecular complexity index is 375. The van der Waals surface area contributed by atoms with Gasteiger partial charge in [0.25, 0.3) is 0 Å². The van der Waals surface area contributed by atoms with Crippen LogP contribution < -0.4 is 10.6 Å². The highest BCUT2D eigenvalue weighted by Gasteiger charge is 2.32. The van der Waals surface area contributed by atoms with Gasteiger partial charge in [0.15, 0.2) is 0 Å². The molecule has 1 aliphatic carbocycles. The van der Waals surface area contributed by atoms with Crippen molar-refractivity contribution < 1.29 is 0 Å². The van der Waals surface area contributed by atoms with E-state index >= 15 is 0 Å². The molecule has 2 aliphatic rings. The zero-order chi connectivity index (χ0) is 11.0. The van der Waals surface area contributed by atoms with Crippen LogP contribution in [0.5, 0.6) is 0 Å². The highest BCUT2D eigenvalue weighted by Crippen LogP contribution is 2.30. The molecule has 3 unspecified atom stereocenters.